The first-order chi connectivity index (χ1) is 9.31. The molecule has 0 unspecified atom stereocenters. The lowest BCUT2D eigenvalue weighted by Crippen LogP contribution is -2.25. The third kappa shape index (κ3) is 2.90. The number of rotatable bonds is 2. The van der Waals surface area contributed by atoms with Gasteiger partial charge in [-0.15, -0.1) is 0 Å². The van der Waals surface area contributed by atoms with Crippen LogP contribution in [0.4, 0.5) is 0 Å². The Morgan fingerprint density at radius 1 is 1.37 bits per heavy atom. The van der Waals surface area contributed by atoms with Crippen LogP contribution in [0.15, 0.2) is 29.3 Å². The number of amidine groups is 1. The fourth-order valence-electron chi connectivity index (χ4n) is 1.75. The molecule has 0 radical (unpaired) electrons. The number of fused-ring (bicyclic) bond motifs is 1. The molecule has 1 aromatic carbocycles. The average molecular weight is 276 g/mol. The SMILES string of the molecule is O=C(C=Cc1ccc2c(c1)OCO2)NC1=NCCS1. The molecule has 1 amide bonds. The number of amides is 1. The highest BCUT2D eigenvalue weighted by atomic mass is 32.2. The van der Waals surface area contributed by atoms with Crippen molar-refractivity contribution in [3.8, 4) is 11.5 Å². The standard InChI is InChI=1S/C13H12N2O3S/c16-12(15-13-14-5-6-19-13)4-2-9-1-3-10-11(7-9)18-8-17-10/h1-4,7H,5-6,8H2,(H,14,15,16). The highest BCUT2D eigenvalue weighted by molar-refractivity contribution is 8.14. The molecule has 1 N–H and O–H groups in total. The van der Waals surface area contributed by atoms with Crippen LogP contribution in [0.1, 0.15) is 5.56 Å². The van der Waals surface area contributed by atoms with Gasteiger partial charge in [-0.3, -0.25) is 9.79 Å². The molecule has 0 saturated heterocycles. The molecule has 0 aliphatic carbocycles. The first-order valence-corrected chi connectivity index (χ1v) is 6.86. The van der Waals surface area contributed by atoms with Gasteiger partial charge < -0.3 is 14.8 Å². The van der Waals surface area contributed by atoms with Crippen LogP contribution >= 0.6 is 11.8 Å². The van der Waals surface area contributed by atoms with Crippen molar-refractivity contribution in [2.75, 3.05) is 19.1 Å². The summed E-state index contributed by atoms with van der Waals surface area (Å²) in [5, 5.41) is 3.43. The highest BCUT2D eigenvalue weighted by Gasteiger charge is 2.12. The maximum Gasteiger partial charge on any atom is 0.249 e. The topological polar surface area (TPSA) is 59.9 Å². The molecule has 0 saturated carbocycles. The molecule has 0 atom stereocenters. The molecule has 0 aromatic heterocycles. The van der Waals surface area contributed by atoms with E-state index in [-0.39, 0.29) is 12.7 Å². The summed E-state index contributed by atoms with van der Waals surface area (Å²) < 4.78 is 10.5. The molecule has 0 fully saturated rings. The molecule has 6 heteroatoms. The second-order valence-electron chi connectivity index (χ2n) is 3.97. The third-order valence-electron chi connectivity index (χ3n) is 2.64. The Morgan fingerprint density at radius 2 is 2.26 bits per heavy atom. The van der Waals surface area contributed by atoms with Crippen molar-refractivity contribution < 1.29 is 14.3 Å². The van der Waals surface area contributed by atoms with E-state index in [2.05, 4.69) is 10.3 Å². The van der Waals surface area contributed by atoms with Crippen molar-refractivity contribution in [3.63, 3.8) is 0 Å². The number of aliphatic imine (C=N–C) groups is 1. The molecular formula is C13H12N2O3S. The predicted octanol–water partition coefficient (Wildman–Crippen LogP) is 1.65. The van der Waals surface area contributed by atoms with E-state index in [1.165, 1.54) is 6.08 Å². The number of nitrogens with zero attached hydrogens (tertiary/aromatic N) is 1. The van der Waals surface area contributed by atoms with Gasteiger partial charge in [0.1, 0.15) is 0 Å². The fourth-order valence-corrected chi connectivity index (χ4v) is 2.48. The van der Waals surface area contributed by atoms with Crippen LogP contribution in [0.25, 0.3) is 6.08 Å². The van der Waals surface area contributed by atoms with E-state index in [9.17, 15) is 4.79 Å². The van der Waals surface area contributed by atoms with E-state index in [0.29, 0.717) is 10.9 Å². The summed E-state index contributed by atoms with van der Waals surface area (Å²) in [6.45, 7) is 1.02. The predicted molar refractivity (Wildman–Crippen MR) is 74.5 cm³/mol. The number of hydrogen-bond acceptors (Lipinski definition) is 5. The molecule has 1 aromatic rings. The first kappa shape index (κ1) is 12.1. The molecule has 19 heavy (non-hydrogen) atoms. The number of thioether (sulfide) groups is 1. The minimum absolute atomic E-state index is 0.175. The van der Waals surface area contributed by atoms with Gasteiger partial charge in [0.25, 0.3) is 0 Å². The number of benzene rings is 1. The van der Waals surface area contributed by atoms with E-state index < -0.39 is 0 Å². The number of hydrogen-bond donors (Lipinski definition) is 1. The zero-order chi connectivity index (χ0) is 13.1. The number of carbonyl (C=O) groups is 1. The Balaban J connectivity index is 1.63. The lowest BCUT2D eigenvalue weighted by molar-refractivity contribution is -0.115. The maximum atomic E-state index is 11.7. The van der Waals surface area contributed by atoms with Crippen LogP contribution < -0.4 is 14.8 Å². The van der Waals surface area contributed by atoms with E-state index in [1.54, 1.807) is 17.8 Å². The Morgan fingerprint density at radius 3 is 3.11 bits per heavy atom. The van der Waals surface area contributed by atoms with E-state index in [4.69, 9.17) is 9.47 Å². The summed E-state index contributed by atoms with van der Waals surface area (Å²) >= 11 is 1.56. The minimum Gasteiger partial charge on any atom is -0.454 e. The van der Waals surface area contributed by atoms with Crippen molar-refractivity contribution >= 4 is 28.9 Å². The van der Waals surface area contributed by atoms with Crippen LogP contribution in [0.3, 0.4) is 0 Å². The lowest BCUT2D eigenvalue weighted by atomic mass is 10.2. The summed E-state index contributed by atoms with van der Waals surface area (Å²) in [6, 6.07) is 5.55. The van der Waals surface area contributed by atoms with Crippen molar-refractivity contribution in [2.45, 2.75) is 0 Å². The molecule has 0 spiro atoms. The Kier molecular flexibility index (Phi) is 3.41. The largest absolute Gasteiger partial charge is 0.454 e. The van der Waals surface area contributed by atoms with Crippen molar-refractivity contribution in [3.05, 3.63) is 29.8 Å². The zero-order valence-electron chi connectivity index (χ0n) is 10.1. The van der Waals surface area contributed by atoms with Gasteiger partial charge in [-0.05, 0) is 23.8 Å². The number of nitrogens with one attached hydrogen (secondary N) is 1. The van der Waals surface area contributed by atoms with Crippen molar-refractivity contribution in [1.82, 2.24) is 5.32 Å². The van der Waals surface area contributed by atoms with Gasteiger partial charge in [-0.2, -0.15) is 0 Å². The quantitative estimate of drug-likeness (QED) is 0.834. The maximum absolute atomic E-state index is 11.7. The van der Waals surface area contributed by atoms with E-state index >= 15 is 0 Å². The highest BCUT2D eigenvalue weighted by Crippen LogP contribution is 2.32. The van der Waals surface area contributed by atoms with Crippen molar-refractivity contribution in [2.24, 2.45) is 4.99 Å². The molecular weight excluding hydrogens is 264 g/mol. The summed E-state index contributed by atoms with van der Waals surface area (Å²) in [4.78, 5) is 15.8. The lowest BCUT2D eigenvalue weighted by Gasteiger charge is -2.00. The molecule has 2 heterocycles. The monoisotopic (exact) mass is 276 g/mol. The van der Waals surface area contributed by atoms with Gasteiger partial charge in [0.2, 0.25) is 12.7 Å². The number of ether oxygens (including phenoxy) is 2. The molecule has 2 aliphatic heterocycles. The summed E-state index contributed by atoms with van der Waals surface area (Å²) in [6.07, 6.45) is 3.22. The smallest absolute Gasteiger partial charge is 0.249 e. The summed E-state index contributed by atoms with van der Waals surface area (Å²) in [5.41, 5.74) is 0.889. The van der Waals surface area contributed by atoms with Crippen LogP contribution in [0.5, 0.6) is 11.5 Å². The van der Waals surface area contributed by atoms with Gasteiger partial charge in [-0.1, -0.05) is 17.8 Å². The molecule has 2 aliphatic rings. The van der Waals surface area contributed by atoms with Gasteiger partial charge in [-0.25, -0.2) is 0 Å². The zero-order valence-corrected chi connectivity index (χ0v) is 10.9. The molecule has 98 valence electrons. The average Bonchev–Trinajstić information content (AvgIpc) is 3.06. The summed E-state index contributed by atoms with van der Waals surface area (Å²) in [5.74, 6) is 2.20. The van der Waals surface area contributed by atoms with E-state index in [0.717, 1.165) is 23.6 Å². The van der Waals surface area contributed by atoms with Crippen LogP contribution in [-0.4, -0.2) is 30.2 Å². The normalized spacial score (nSPS) is 16.7. The molecule has 5 nitrogen and oxygen atoms in total. The summed E-state index contributed by atoms with van der Waals surface area (Å²) in [7, 11) is 0. The van der Waals surface area contributed by atoms with Crippen LogP contribution in [0, 0.1) is 0 Å². The second-order valence-corrected chi connectivity index (χ2v) is 5.05. The van der Waals surface area contributed by atoms with Crippen LogP contribution in [-0.2, 0) is 4.79 Å². The third-order valence-corrected chi connectivity index (χ3v) is 3.53. The minimum atomic E-state index is -0.175. The Hall–Kier alpha value is -1.95. The second kappa shape index (κ2) is 5.36. The number of carbonyl (C=O) groups excluding carboxylic acids is 1. The Labute approximate surface area is 114 Å². The van der Waals surface area contributed by atoms with Crippen LogP contribution in [0.2, 0.25) is 0 Å². The van der Waals surface area contributed by atoms with Gasteiger partial charge in [0.15, 0.2) is 16.7 Å². The Bertz CT molecular complexity index is 569. The molecule has 3 rings (SSSR count). The fraction of sp³-hybridized carbons (Fsp3) is 0.231. The van der Waals surface area contributed by atoms with Crippen molar-refractivity contribution in [1.29, 1.82) is 0 Å². The first-order valence-electron chi connectivity index (χ1n) is 5.87. The van der Waals surface area contributed by atoms with Gasteiger partial charge in [0.05, 0.1) is 6.54 Å². The molecule has 0 bridgehead atoms. The van der Waals surface area contributed by atoms with E-state index in [1.807, 2.05) is 18.2 Å². The van der Waals surface area contributed by atoms with Gasteiger partial charge in [0, 0.05) is 11.8 Å². The van der Waals surface area contributed by atoms with Gasteiger partial charge >= 0.3 is 0 Å².